The fourth-order valence-electron chi connectivity index (χ4n) is 1.17. The summed E-state index contributed by atoms with van der Waals surface area (Å²) in [5, 5.41) is 7.71. The molecule has 0 saturated heterocycles. The van der Waals surface area contributed by atoms with E-state index in [0.717, 1.165) is 11.3 Å². The first kappa shape index (κ1) is 12.7. The highest BCUT2D eigenvalue weighted by Gasteiger charge is 2.02. The lowest BCUT2D eigenvalue weighted by Crippen LogP contribution is -2.23. The van der Waals surface area contributed by atoms with Gasteiger partial charge in [0.05, 0.1) is 22.3 Å². The number of nitrogens with zero attached hydrogens (tertiary/aromatic N) is 3. The molecular formula is C10H8ClFN4OS. The van der Waals surface area contributed by atoms with Crippen molar-refractivity contribution in [1.29, 1.82) is 0 Å². The Balaban J connectivity index is 1.83. The van der Waals surface area contributed by atoms with Crippen LogP contribution in [0.4, 0.5) is 4.39 Å². The standard InChI is InChI=1S/C10H8ClFN4OS/c11-7-3-14-16(5-7)6-10(17)15-13-4-8-1-2-9(12)18-8/h1-5H,6H2,(H,15,17)/b13-4+. The van der Waals surface area contributed by atoms with Gasteiger partial charge in [0.1, 0.15) is 6.54 Å². The van der Waals surface area contributed by atoms with E-state index in [0.29, 0.717) is 9.90 Å². The van der Waals surface area contributed by atoms with E-state index in [-0.39, 0.29) is 17.6 Å². The second kappa shape index (κ2) is 5.74. The number of carbonyl (C=O) groups is 1. The highest BCUT2D eigenvalue weighted by Crippen LogP contribution is 2.11. The van der Waals surface area contributed by atoms with Crippen molar-refractivity contribution in [2.45, 2.75) is 6.54 Å². The van der Waals surface area contributed by atoms with Gasteiger partial charge in [0.25, 0.3) is 5.91 Å². The Bertz CT molecular complexity index is 580. The first-order valence-electron chi connectivity index (χ1n) is 4.89. The summed E-state index contributed by atoms with van der Waals surface area (Å²) in [5.41, 5.74) is 2.31. The Kier molecular flexibility index (Phi) is 4.06. The molecule has 2 rings (SSSR count). The topological polar surface area (TPSA) is 59.3 Å². The van der Waals surface area contributed by atoms with Crippen LogP contribution < -0.4 is 5.43 Å². The third kappa shape index (κ3) is 3.64. The lowest BCUT2D eigenvalue weighted by molar-refractivity contribution is -0.121. The molecule has 0 unspecified atom stereocenters. The van der Waals surface area contributed by atoms with Crippen molar-refractivity contribution >= 4 is 35.1 Å². The van der Waals surface area contributed by atoms with E-state index < -0.39 is 0 Å². The van der Waals surface area contributed by atoms with E-state index in [1.165, 1.54) is 29.4 Å². The predicted octanol–water partition coefficient (Wildman–Crippen LogP) is 1.89. The summed E-state index contributed by atoms with van der Waals surface area (Å²) in [4.78, 5) is 12.0. The van der Waals surface area contributed by atoms with Crippen molar-refractivity contribution in [1.82, 2.24) is 15.2 Å². The SMILES string of the molecule is O=C(Cn1cc(Cl)cn1)N/N=C/c1ccc(F)s1. The van der Waals surface area contributed by atoms with Crippen LogP contribution in [0.25, 0.3) is 0 Å². The quantitative estimate of drug-likeness (QED) is 0.689. The molecule has 0 aliphatic rings. The molecule has 0 bridgehead atoms. The maximum absolute atomic E-state index is 12.6. The van der Waals surface area contributed by atoms with Gasteiger partial charge < -0.3 is 0 Å². The van der Waals surface area contributed by atoms with Crippen molar-refractivity contribution < 1.29 is 9.18 Å². The van der Waals surface area contributed by atoms with Crippen LogP contribution in [0.1, 0.15) is 4.88 Å². The molecule has 1 amide bonds. The highest BCUT2D eigenvalue weighted by molar-refractivity contribution is 7.12. The number of thiophene rings is 1. The molecule has 0 spiro atoms. The Morgan fingerprint density at radius 1 is 1.67 bits per heavy atom. The van der Waals surface area contributed by atoms with Crippen molar-refractivity contribution in [3.8, 4) is 0 Å². The number of carbonyl (C=O) groups excluding carboxylic acids is 1. The van der Waals surface area contributed by atoms with E-state index in [9.17, 15) is 9.18 Å². The molecule has 2 aromatic heterocycles. The van der Waals surface area contributed by atoms with Crippen molar-refractivity contribution in [2.75, 3.05) is 0 Å². The normalized spacial score (nSPS) is 11.0. The Morgan fingerprint density at radius 2 is 2.50 bits per heavy atom. The molecule has 0 saturated carbocycles. The summed E-state index contributed by atoms with van der Waals surface area (Å²) in [5.74, 6) is -0.344. The Hall–Kier alpha value is -1.73. The fraction of sp³-hybridized carbons (Fsp3) is 0.100. The second-order valence-corrected chi connectivity index (χ2v) is 4.79. The molecule has 5 nitrogen and oxygen atoms in total. The van der Waals surface area contributed by atoms with Gasteiger partial charge in [-0.3, -0.25) is 9.48 Å². The lowest BCUT2D eigenvalue weighted by atomic mass is 10.5. The van der Waals surface area contributed by atoms with Crippen LogP contribution in [0.5, 0.6) is 0 Å². The minimum absolute atomic E-state index is 0.0167. The minimum Gasteiger partial charge on any atom is -0.271 e. The lowest BCUT2D eigenvalue weighted by Gasteiger charge is -1.98. The summed E-state index contributed by atoms with van der Waals surface area (Å²) < 4.78 is 14.0. The van der Waals surface area contributed by atoms with E-state index in [1.54, 1.807) is 6.07 Å². The van der Waals surface area contributed by atoms with Crippen LogP contribution in [-0.2, 0) is 11.3 Å². The first-order chi connectivity index (χ1) is 8.63. The van der Waals surface area contributed by atoms with Gasteiger partial charge in [0.2, 0.25) is 0 Å². The molecule has 94 valence electrons. The number of hydrazone groups is 1. The third-order valence-electron chi connectivity index (χ3n) is 1.88. The molecule has 18 heavy (non-hydrogen) atoms. The number of amides is 1. The van der Waals surface area contributed by atoms with Crippen LogP contribution in [0.15, 0.2) is 29.6 Å². The molecule has 2 heterocycles. The number of rotatable bonds is 4. The fourth-order valence-corrected chi connectivity index (χ4v) is 1.93. The van der Waals surface area contributed by atoms with Gasteiger partial charge in [-0.2, -0.15) is 14.6 Å². The summed E-state index contributed by atoms with van der Waals surface area (Å²) in [7, 11) is 0. The van der Waals surface area contributed by atoms with Crippen LogP contribution in [-0.4, -0.2) is 21.9 Å². The average Bonchev–Trinajstić information content (AvgIpc) is 2.88. The predicted molar refractivity (Wildman–Crippen MR) is 67.3 cm³/mol. The molecule has 0 aliphatic heterocycles. The van der Waals surface area contributed by atoms with Crippen LogP contribution in [0.2, 0.25) is 5.02 Å². The monoisotopic (exact) mass is 286 g/mol. The molecular weight excluding hydrogens is 279 g/mol. The first-order valence-corrected chi connectivity index (χ1v) is 6.08. The zero-order valence-corrected chi connectivity index (χ0v) is 10.6. The number of aromatic nitrogens is 2. The molecule has 0 radical (unpaired) electrons. The van der Waals surface area contributed by atoms with Gasteiger partial charge >= 0.3 is 0 Å². The van der Waals surface area contributed by atoms with Crippen molar-refractivity contribution in [2.24, 2.45) is 5.10 Å². The van der Waals surface area contributed by atoms with Gasteiger partial charge in [0, 0.05) is 6.20 Å². The summed E-state index contributed by atoms with van der Waals surface area (Å²) in [6.07, 6.45) is 4.34. The van der Waals surface area contributed by atoms with E-state index >= 15 is 0 Å². The molecule has 0 aromatic carbocycles. The van der Waals surface area contributed by atoms with Gasteiger partial charge in [0.15, 0.2) is 5.13 Å². The second-order valence-electron chi connectivity index (χ2n) is 3.29. The van der Waals surface area contributed by atoms with Crippen LogP contribution >= 0.6 is 22.9 Å². The molecule has 0 fully saturated rings. The van der Waals surface area contributed by atoms with Gasteiger partial charge in [-0.1, -0.05) is 11.6 Å². The van der Waals surface area contributed by atoms with Crippen molar-refractivity contribution in [3.63, 3.8) is 0 Å². The average molecular weight is 287 g/mol. The molecule has 1 N–H and O–H groups in total. The minimum atomic E-state index is -0.344. The largest absolute Gasteiger partial charge is 0.271 e. The zero-order chi connectivity index (χ0) is 13.0. The highest BCUT2D eigenvalue weighted by atomic mass is 35.5. The zero-order valence-electron chi connectivity index (χ0n) is 9.01. The smallest absolute Gasteiger partial charge is 0.261 e. The van der Waals surface area contributed by atoms with E-state index in [1.807, 2.05) is 0 Å². The molecule has 0 aliphatic carbocycles. The maximum Gasteiger partial charge on any atom is 0.261 e. The Morgan fingerprint density at radius 3 is 3.11 bits per heavy atom. The van der Waals surface area contributed by atoms with Gasteiger partial charge in [-0.05, 0) is 12.1 Å². The molecule has 0 atom stereocenters. The van der Waals surface area contributed by atoms with Crippen LogP contribution in [0.3, 0.4) is 0 Å². The van der Waals surface area contributed by atoms with Crippen molar-refractivity contribution in [3.05, 3.63) is 39.6 Å². The summed E-state index contributed by atoms with van der Waals surface area (Å²) >= 11 is 6.60. The van der Waals surface area contributed by atoms with Gasteiger partial charge in [-0.15, -0.1) is 11.3 Å². The number of hydrogen-bond donors (Lipinski definition) is 1. The van der Waals surface area contributed by atoms with Gasteiger partial charge in [-0.25, -0.2) is 5.43 Å². The third-order valence-corrected chi connectivity index (χ3v) is 2.89. The summed E-state index contributed by atoms with van der Waals surface area (Å²) in [6, 6.07) is 2.91. The molecule has 8 heteroatoms. The van der Waals surface area contributed by atoms with Crippen LogP contribution in [0, 0.1) is 5.13 Å². The molecule has 2 aromatic rings. The number of hydrogen-bond acceptors (Lipinski definition) is 4. The number of halogens is 2. The van der Waals surface area contributed by atoms with E-state index in [4.69, 9.17) is 11.6 Å². The summed E-state index contributed by atoms with van der Waals surface area (Å²) in [6.45, 7) is 0.0167. The Labute approximate surface area is 111 Å². The van der Waals surface area contributed by atoms with E-state index in [2.05, 4.69) is 15.6 Å². The maximum atomic E-state index is 12.6. The number of nitrogens with one attached hydrogen (secondary N) is 1.